The van der Waals surface area contributed by atoms with Crippen molar-refractivity contribution < 1.29 is 19.0 Å². The Hall–Kier alpha value is -3.22. The molecule has 1 aliphatic rings. The highest BCUT2D eigenvalue weighted by Gasteiger charge is 2.29. The molecule has 152 valence electrons. The second kappa shape index (κ2) is 8.03. The number of carbonyl (C=O) groups excluding carboxylic acids is 1. The third-order valence-corrected chi connectivity index (χ3v) is 5.44. The fraction of sp³-hybridized carbons (Fsp3) is 0.364. The Kier molecular flexibility index (Phi) is 5.29. The number of rotatable bonds is 5. The minimum Gasteiger partial charge on any atom is -0.496 e. The molecule has 1 fully saturated rings. The molecule has 1 saturated heterocycles. The van der Waals surface area contributed by atoms with Crippen molar-refractivity contribution in [1.29, 1.82) is 0 Å². The largest absolute Gasteiger partial charge is 0.496 e. The summed E-state index contributed by atoms with van der Waals surface area (Å²) < 4.78 is 16.1. The van der Waals surface area contributed by atoms with Gasteiger partial charge in [0.15, 0.2) is 11.5 Å². The van der Waals surface area contributed by atoms with Gasteiger partial charge < -0.3 is 24.1 Å². The van der Waals surface area contributed by atoms with Gasteiger partial charge >= 0.3 is 0 Å². The van der Waals surface area contributed by atoms with Crippen LogP contribution in [0.4, 0.5) is 0 Å². The Morgan fingerprint density at radius 1 is 1.07 bits per heavy atom. The molecule has 0 aliphatic carbocycles. The van der Waals surface area contributed by atoms with E-state index in [1.165, 1.54) is 0 Å². The molecule has 3 aromatic rings. The lowest BCUT2D eigenvalue weighted by Crippen LogP contribution is -2.39. The number of hydrogen-bond donors (Lipinski definition) is 1. The van der Waals surface area contributed by atoms with E-state index in [1.54, 1.807) is 33.5 Å². The monoisotopic (exact) mass is 395 g/mol. The van der Waals surface area contributed by atoms with E-state index in [4.69, 9.17) is 19.2 Å². The second-order valence-electron chi connectivity index (χ2n) is 7.14. The maximum Gasteiger partial charge on any atom is 0.257 e. The third-order valence-electron chi connectivity index (χ3n) is 5.44. The summed E-state index contributed by atoms with van der Waals surface area (Å²) in [7, 11) is 4.66. The number of nitrogens with zero attached hydrogens (tertiary/aromatic N) is 2. The molecule has 4 rings (SSSR count). The van der Waals surface area contributed by atoms with Crippen molar-refractivity contribution in [3.63, 3.8) is 0 Å². The fourth-order valence-corrected chi connectivity index (χ4v) is 3.92. The number of likely N-dealkylation sites (tertiary alicyclic amines) is 1. The summed E-state index contributed by atoms with van der Waals surface area (Å²) in [5, 5.41) is 0. The Morgan fingerprint density at radius 3 is 2.52 bits per heavy atom. The van der Waals surface area contributed by atoms with E-state index in [9.17, 15) is 4.79 Å². The van der Waals surface area contributed by atoms with Crippen LogP contribution in [-0.2, 0) is 0 Å². The first-order valence-corrected chi connectivity index (χ1v) is 9.68. The van der Waals surface area contributed by atoms with E-state index in [0.29, 0.717) is 35.9 Å². The summed E-state index contributed by atoms with van der Waals surface area (Å²) in [5.41, 5.74) is 2.44. The number of methoxy groups -OCH3 is 3. The molecular weight excluding hydrogens is 370 g/mol. The first-order chi connectivity index (χ1) is 14.1. The van der Waals surface area contributed by atoms with Crippen LogP contribution in [0, 0.1) is 0 Å². The number of para-hydroxylation sites is 2. The van der Waals surface area contributed by atoms with Crippen molar-refractivity contribution in [2.24, 2.45) is 0 Å². The Balaban J connectivity index is 1.60. The molecule has 29 heavy (non-hydrogen) atoms. The number of imidazole rings is 1. The molecule has 1 atom stereocenters. The summed E-state index contributed by atoms with van der Waals surface area (Å²) >= 11 is 0. The number of hydrogen-bond acceptors (Lipinski definition) is 5. The Bertz CT molecular complexity index is 997. The van der Waals surface area contributed by atoms with E-state index >= 15 is 0 Å². The van der Waals surface area contributed by atoms with Gasteiger partial charge in [-0.25, -0.2) is 4.98 Å². The lowest BCUT2D eigenvalue weighted by molar-refractivity contribution is 0.0701. The summed E-state index contributed by atoms with van der Waals surface area (Å²) in [6.07, 6.45) is 1.91. The first-order valence-electron chi connectivity index (χ1n) is 9.68. The van der Waals surface area contributed by atoms with E-state index in [1.807, 2.05) is 29.2 Å². The number of benzene rings is 2. The lowest BCUT2D eigenvalue weighted by atomic mass is 9.96. The van der Waals surface area contributed by atoms with Crippen LogP contribution in [0.5, 0.6) is 17.2 Å². The number of ether oxygens (including phenoxy) is 3. The molecule has 0 saturated carbocycles. The van der Waals surface area contributed by atoms with Crippen LogP contribution in [0.25, 0.3) is 11.0 Å². The second-order valence-corrected chi connectivity index (χ2v) is 7.14. The molecule has 1 N–H and O–H groups in total. The van der Waals surface area contributed by atoms with Crippen LogP contribution >= 0.6 is 0 Å². The predicted octanol–water partition coefficient (Wildman–Crippen LogP) is 3.61. The van der Waals surface area contributed by atoms with E-state index in [-0.39, 0.29) is 11.8 Å². The summed E-state index contributed by atoms with van der Waals surface area (Å²) in [4.78, 5) is 23.3. The standard InChI is InChI=1S/C22H25N3O4/c1-27-18-12-20(29-3)19(28-2)11-15(18)22(26)25-10-6-7-14(13-25)21-23-16-8-4-5-9-17(16)24-21/h4-5,8-9,11-12,14H,6-7,10,13H2,1-3H3,(H,23,24). The number of aromatic nitrogens is 2. The van der Waals surface area contributed by atoms with Crippen molar-refractivity contribution in [2.75, 3.05) is 34.4 Å². The van der Waals surface area contributed by atoms with Gasteiger partial charge in [-0.15, -0.1) is 0 Å². The highest BCUT2D eigenvalue weighted by molar-refractivity contribution is 5.98. The molecule has 0 radical (unpaired) electrons. The van der Waals surface area contributed by atoms with E-state index in [2.05, 4.69) is 4.98 Å². The topological polar surface area (TPSA) is 76.7 Å². The van der Waals surface area contributed by atoms with Crippen molar-refractivity contribution in [1.82, 2.24) is 14.9 Å². The highest BCUT2D eigenvalue weighted by Crippen LogP contribution is 2.36. The van der Waals surface area contributed by atoms with Gasteiger partial charge in [-0.05, 0) is 25.0 Å². The quantitative estimate of drug-likeness (QED) is 0.714. The lowest BCUT2D eigenvalue weighted by Gasteiger charge is -2.32. The molecule has 0 spiro atoms. The SMILES string of the molecule is COc1cc(OC)c(C(=O)N2CCCC(c3nc4ccccc4[nH]3)C2)cc1OC. The maximum atomic E-state index is 13.3. The normalized spacial score (nSPS) is 16.7. The van der Waals surface area contributed by atoms with Crippen molar-refractivity contribution in [3.8, 4) is 17.2 Å². The zero-order chi connectivity index (χ0) is 20.4. The van der Waals surface area contributed by atoms with Crippen LogP contribution in [0.15, 0.2) is 36.4 Å². The molecule has 1 aliphatic heterocycles. The third kappa shape index (κ3) is 3.60. The average molecular weight is 395 g/mol. The van der Waals surface area contributed by atoms with Gasteiger partial charge in [-0.1, -0.05) is 12.1 Å². The van der Waals surface area contributed by atoms with Crippen LogP contribution in [-0.4, -0.2) is 55.2 Å². The zero-order valence-corrected chi connectivity index (χ0v) is 16.9. The molecule has 7 nitrogen and oxygen atoms in total. The minimum atomic E-state index is -0.0800. The molecule has 0 bridgehead atoms. The van der Waals surface area contributed by atoms with Crippen LogP contribution in [0.1, 0.15) is 34.9 Å². The number of fused-ring (bicyclic) bond motifs is 1. The fourth-order valence-electron chi connectivity index (χ4n) is 3.92. The number of amides is 1. The number of piperidine rings is 1. The first kappa shape index (κ1) is 19.1. The van der Waals surface area contributed by atoms with Crippen molar-refractivity contribution >= 4 is 16.9 Å². The molecule has 7 heteroatoms. The molecule has 2 heterocycles. The maximum absolute atomic E-state index is 13.3. The van der Waals surface area contributed by atoms with Gasteiger partial charge in [0.05, 0.1) is 37.9 Å². The summed E-state index contributed by atoms with van der Waals surface area (Å²) in [6.45, 7) is 1.31. The van der Waals surface area contributed by atoms with E-state index in [0.717, 1.165) is 29.7 Å². The molecule has 2 aromatic carbocycles. The number of aromatic amines is 1. The average Bonchev–Trinajstić information content (AvgIpc) is 3.22. The smallest absolute Gasteiger partial charge is 0.257 e. The molecule has 1 aromatic heterocycles. The Labute approximate surface area is 169 Å². The molecule has 1 unspecified atom stereocenters. The van der Waals surface area contributed by atoms with Crippen molar-refractivity contribution in [2.45, 2.75) is 18.8 Å². The van der Waals surface area contributed by atoms with Crippen LogP contribution < -0.4 is 14.2 Å². The van der Waals surface area contributed by atoms with Gasteiger partial charge in [-0.2, -0.15) is 0 Å². The Morgan fingerprint density at radius 2 is 1.79 bits per heavy atom. The minimum absolute atomic E-state index is 0.0800. The van der Waals surface area contributed by atoms with Crippen LogP contribution in [0.3, 0.4) is 0 Å². The van der Waals surface area contributed by atoms with Crippen LogP contribution in [0.2, 0.25) is 0 Å². The summed E-state index contributed by atoms with van der Waals surface area (Å²) in [5.74, 6) is 2.53. The van der Waals surface area contributed by atoms with Gasteiger partial charge in [-0.3, -0.25) is 4.79 Å². The number of H-pyrrole nitrogens is 1. The highest BCUT2D eigenvalue weighted by atomic mass is 16.5. The van der Waals surface area contributed by atoms with Gasteiger partial charge in [0.1, 0.15) is 11.6 Å². The number of carbonyl (C=O) groups is 1. The predicted molar refractivity (Wildman–Crippen MR) is 110 cm³/mol. The van der Waals surface area contributed by atoms with Gasteiger partial charge in [0.25, 0.3) is 5.91 Å². The zero-order valence-electron chi connectivity index (χ0n) is 16.9. The molecule has 1 amide bonds. The number of nitrogens with one attached hydrogen (secondary N) is 1. The van der Waals surface area contributed by atoms with Gasteiger partial charge in [0, 0.05) is 31.1 Å². The molecular formula is C22H25N3O4. The van der Waals surface area contributed by atoms with E-state index < -0.39 is 0 Å². The summed E-state index contributed by atoms with van der Waals surface area (Å²) in [6, 6.07) is 11.4. The van der Waals surface area contributed by atoms with Crippen molar-refractivity contribution in [3.05, 3.63) is 47.8 Å². The van der Waals surface area contributed by atoms with Gasteiger partial charge in [0.2, 0.25) is 0 Å².